The summed E-state index contributed by atoms with van der Waals surface area (Å²) in [5.74, 6) is 2.12. The molecule has 0 amide bonds. The monoisotopic (exact) mass is 389 g/mol. The predicted octanol–water partition coefficient (Wildman–Crippen LogP) is 2.76. The van der Waals surface area contributed by atoms with E-state index < -0.39 is 0 Å². The van der Waals surface area contributed by atoms with Crippen LogP contribution in [0.3, 0.4) is 0 Å². The minimum absolute atomic E-state index is 0. The van der Waals surface area contributed by atoms with Crippen molar-refractivity contribution < 1.29 is 4.39 Å². The van der Waals surface area contributed by atoms with Gasteiger partial charge in [-0.25, -0.2) is 0 Å². The van der Waals surface area contributed by atoms with E-state index in [1.807, 2.05) is 11.8 Å². The molecule has 0 saturated carbocycles. The predicted molar refractivity (Wildman–Crippen MR) is 90.1 cm³/mol. The van der Waals surface area contributed by atoms with Crippen molar-refractivity contribution in [2.45, 2.75) is 31.9 Å². The molecule has 6 heteroatoms. The van der Waals surface area contributed by atoms with Crippen LogP contribution in [0.15, 0.2) is 4.99 Å². The van der Waals surface area contributed by atoms with E-state index in [1.165, 1.54) is 6.42 Å². The smallest absolute Gasteiger partial charge is 0.193 e. The van der Waals surface area contributed by atoms with Gasteiger partial charge in [0, 0.05) is 37.2 Å². The van der Waals surface area contributed by atoms with Gasteiger partial charge in [-0.2, -0.15) is 11.8 Å². The van der Waals surface area contributed by atoms with E-state index in [2.05, 4.69) is 29.1 Å². The molecular formula is C12H25FIN3S. The Morgan fingerprint density at radius 3 is 2.89 bits per heavy atom. The fourth-order valence-electron chi connectivity index (χ4n) is 1.83. The van der Waals surface area contributed by atoms with E-state index in [-0.39, 0.29) is 30.7 Å². The maximum absolute atomic E-state index is 12.1. The number of aliphatic imine (C=N–C) groups is 1. The first-order valence-electron chi connectivity index (χ1n) is 6.52. The lowest BCUT2D eigenvalue weighted by molar-refractivity contribution is 0.406. The summed E-state index contributed by atoms with van der Waals surface area (Å²) >= 11 is 2.05. The summed E-state index contributed by atoms with van der Waals surface area (Å²) in [7, 11) is 0. The van der Waals surface area contributed by atoms with E-state index in [9.17, 15) is 4.39 Å². The number of guanidine groups is 1. The number of hydrogen-bond donors (Lipinski definition) is 1. The molecule has 0 spiro atoms. The van der Waals surface area contributed by atoms with E-state index in [0.717, 1.165) is 31.3 Å². The molecular weight excluding hydrogens is 364 g/mol. The lowest BCUT2D eigenvalue weighted by Crippen LogP contribution is -2.48. The van der Waals surface area contributed by atoms with Gasteiger partial charge in [-0.05, 0) is 19.8 Å². The fraction of sp³-hybridized carbons (Fsp3) is 0.917. The second-order valence-corrected chi connectivity index (χ2v) is 5.53. The van der Waals surface area contributed by atoms with Gasteiger partial charge >= 0.3 is 0 Å². The van der Waals surface area contributed by atoms with Gasteiger partial charge in [0.25, 0.3) is 0 Å². The standard InChI is InChI=1S/C12H24FN3S.HI/c1-3-11-10-16(8-9-17-11)12(14-4-2)15-7-5-6-13;/h11H,3-10H2,1-2H3,(H,14,15);1H. The van der Waals surface area contributed by atoms with Crippen molar-refractivity contribution in [2.24, 2.45) is 4.99 Å². The molecule has 1 fully saturated rings. The molecule has 0 bridgehead atoms. The van der Waals surface area contributed by atoms with Crippen LogP contribution >= 0.6 is 35.7 Å². The molecule has 0 aromatic carbocycles. The SMILES string of the molecule is CCNC(=NCCCF)N1CCSC(CC)C1.I. The number of alkyl halides is 1. The normalized spacial score (nSPS) is 20.5. The van der Waals surface area contributed by atoms with Crippen molar-refractivity contribution in [3.63, 3.8) is 0 Å². The van der Waals surface area contributed by atoms with Crippen LogP contribution in [0.25, 0.3) is 0 Å². The van der Waals surface area contributed by atoms with Gasteiger partial charge in [-0.1, -0.05) is 6.92 Å². The summed E-state index contributed by atoms with van der Waals surface area (Å²) in [6, 6.07) is 0. The first-order chi connectivity index (χ1) is 8.31. The van der Waals surface area contributed by atoms with Crippen molar-refractivity contribution in [1.29, 1.82) is 0 Å². The van der Waals surface area contributed by atoms with Crippen molar-refractivity contribution >= 4 is 41.7 Å². The lowest BCUT2D eigenvalue weighted by Gasteiger charge is -2.34. The fourth-order valence-corrected chi connectivity index (χ4v) is 3.01. The van der Waals surface area contributed by atoms with Gasteiger partial charge in [0.2, 0.25) is 0 Å². The largest absolute Gasteiger partial charge is 0.357 e. The maximum atomic E-state index is 12.1. The number of rotatable bonds is 5. The second kappa shape index (κ2) is 11.1. The van der Waals surface area contributed by atoms with Crippen molar-refractivity contribution in [1.82, 2.24) is 10.2 Å². The number of halogens is 2. The van der Waals surface area contributed by atoms with Crippen molar-refractivity contribution in [3.8, 4) is 0 Å². The van der Waals surface area contributed by atoms with Gasteiger partial charge in [0.05, 0.1) is 6.67 Å². The van der Waals surface area contributed by atoms with Crippen LogP contribution in [0.2, 0.25) is 0 Å². The molecule has 1 unspecified atom stereocenters. The molecule has 1 saturated heterocycles. The van der Waals surface area contributed by atoms with E-state index in [1.54, 1.807) is 0 Å². The quantitative estimate of drug-likeness (QED) is 0.339. The molecule has 108 valence electrons. The molecule has 1 N–H and O–H groups in total. The summed E-state index contributed by atoms with van der Waals surface area (Å²) < 4.78 is 12.1. The topological polar surface area (TPSA) is 27.6 Å². The van der Waals surface area contributed by atoms with E-state index >= 15 is 0 Å². The first-order valence-corrected chi connectivity index (χ1v) is 7.57. The molecule has 1 rings (SSSR count). The van der Waals surface area contributed by atoms with Gasteiger partial charge in [0.15, 0.2) is 5.96 Å². The number of hydrogen-bond acceptors (Lipinski definition) is 2. The Morgan fingerprint density at radius 2 is 2.28 bits per heavy atom. The minimum atomic E-state index is -0.281. The summed E-state index contributed by atoms with van der Waals surface area (Å²) in [4.78, 5) is 6.79. The zero-order chi connectivity index (χ0) is 12.5. The Hall–Kier alpha value is 0.280. The average molecular weight is 389 g/mol. The third-order valence-electron chi connectivity index (χ3n) is 2.78. The molecule has 0 radical (unpaired) electrons. The summed E-state index contributed by atoms with van der Waals surface area (Å²) in [5.41, 5.74) is 0. The number of nitrogens with zero attached hydrogens (tertiary/aromatic N) is 2. The van der Waals surface area contributed by atoms with E-state index in [0.29, 0.717) is 18.2 Å². The van der Waals surface area contributed by atoms with Crippen molar-refractivity contribution in [3.05, 3.63) is 0 Å². The van der Waals surface area contributed by atoms with Crippen LogP contribution in [0.4, 0.5) is 4.39 Å². The molecule has 0 aromatic heterocycles. The highest BCUT2D eigenvalue weighted by Gasteiger charge is 2.21. The Morgan fingerprint density at radius 1 is 1.50 bits per heavy atom. The highest BCUT2D eigenvalue weighted by atomic mass is 127. The Labute approximate surface area is 131 Å². The zero-order valence-corrected chi connectivity index (χ0v) is 14.5. The van der Waals surface area contributed by atoms with Crippen LogP contribution < -0.4 is 5.32 Å². The Bertz CT molecular complexity index is 241. The van der Waals surface area contributed by atoms with Crippen LogP contribution in [-0.2, 0) is 0 Å². The third-order valence-corrected chi connectivity index (χ3v) is 4.15. The highest BCUT2D eigenvalue weighted by molar-refractivity contribution is 14.0. The van der Waals surface area contributed by atoms with Crippen molar-refractivity contribution in [2.75, 3.05) is 38.6 Å². The molecule has 1 aliphatic heterocycles. The summed E-state index contributed by atoms with van der Waals surface area (Å²) in [5, 5.41) is 4.00. The number of thioether (sulfide) groups is 1. The zero-order valence-electron chi connectivity index (χ0n) is 11.3. The van der Waals surface area contributed by atoms with Crippen LogP contribution in [0, 0.1) is 0 Å². The Balaban J connectivity index is 0.00000289. The molecule has 0 aromatic rings. The molecule has 18 heavy (non-hydrogen) atoms. The first kappa shape index (κ1) is 18.3. The minimum Gasteiger partial charge on any atom is -0.357 e. The van der Waals surface area contributed by atoms with E-state index in [4.69, 9.17) is 0 Å². The second-order valence-electron chi connectivity index (χ2n) is 4.13. The summed E-state index contributed by atoms with van der Waals surface area (Å²) in [6.45, 7) is 7.57. The highest BCUT2D eigenvalue weighted by Crippen LogP contribution is 2.20. The van der Waals surface area contributed by atoms with Gasteiger partial charge in [-0.3, -0.25) is 9.38 Å². The van der Waals surface area contributed by atoms with Gasteiger partial charge in [-0.15, -0.1) is 24.0 Å². The van der Waals surface area contributed by atoms with Crippen LogP contribution in [0.5, 0.6) is 0 Å². The molecule has 0 aliphatic carbocycles. The third kappa shape index (κ3) is 6.45. The van der Waals surface area contributed by atoms with Gasteiger partial charge in [0.1, 0.15) is 0 Å². The maximum Gasteiger partial charge on any atom is 0.193 e. The molecule has 1 heterocycles. The number of nitrogens with one attached hydrogen (secondary N) is 1. The molecule has 1 aliphatic rings. The molecule has 3 nitrogen and oxygen atoms in total. The van der Waals surface area contributed by atoms with Crippen LogP contribution in [0.1, 0.15) is 26.7 Å². The van der Waals surface area contributed by atoms with Crippen LogP contribution in [-0.4, -0.2) is 54.7 Å². The molecule has 1 atom stereocenters. The summed E-state index contributed by atoms with van der Waals surface area (Å²) in [6.07, 6.45) is 1.72. The average Bonchev–Trinajstić information content (AvgIpc) is 2.38. The van der Waals surface area contributed by atoms with Gasteiger partial charge < -0.3 is 10.2 Å². The lowest BCUT2D eigenvalue weighted by atomic mass is 10.3. The Kier molecular flexibility index (Phi) is 11.3.